The molecule has 4 nitrogen and oxygen atoms in total. The van der Waals surface area contributed by atoms with Crippen molar-refractivity contribution in [2.24, 2.45) is 0 Å². The topological polar surface area (TPSA) is 54.1 Å². The van der Waals surface area contributed by atoms with E-state index < -0.39 is 6.10 Å². The van der Waals surface area contributed by atoms with Crippen molar-refractivity contribution in [2.45, 2.75) is 90.2 Å². The van der Waals surface area contributed by atoms with Gasteiger partial charge >= 0.3 is 0 Å². The van der Waals surface area contributed by atoms with Crippen molar-refractivity contribution in [3.63, 3.8) is 0 Å². The van der Waals surface area contributed by atoms with Gasteiger partial charge in [-0.25, -0.2) is 0 Å². The van der Waals surface area contributed by atoms with Gasteiger partial charge in [0.15, 0.2) is 0 Å². The van der Waals surface area contributed by atoms with Gasteiger partial charge in [0.05, 0.1) is 29.4 Å². The lowest BCUT2D eigenvalue weighted by molar-refractivity contribution is -1.00. The van der Waals surface area contributed by atoms with Gasteiger partial charge < -0.3 is 19.8 Å². The van der Waals surface area contributed by atoms with Crippen LogP contribution in [0.5, 0.6) is 0 Å². The van der Waals surface area contributed by atoms with Crippen LogP contribution in [0.25, 0.3) is 0 Å². The summed E-state index contributed by atoms with van der Waals surface area (Å²) < 4.78 is 5.68. The van der Waals surface area contributed by atoms with Crippen molar-refractivity contribution in [3.8, 4) is 0 Å². The van der Waals surface area contributed by atoms with Gasteiger partial charge in [0, 0.05) is 12.8 Å². The molecule has 1 fully saturated rings. The number of ether oxygens (including phenoxy) is 1. The Hall–Kier alpha value is -0.160. The predicted octanol–water partition coefficient (Wildman–Crippen LogP) is 0.759. The average molecular weight is 288 g/mol. The van der Waals surface area contributed by atoms with E-state index in [-0.39, 0.29) is 22.8 Å². The van der Waals surface area contributed by atoms with E-state index in [2.05, 4.69) is 27.7 Å². The quantitative estimate of drug-likeness (QED) is 0.716. The number of hydrogen-bond donors (Lipinski definition) is 3. The Morgan fingerprint density at radius 3 is 2.00 bits per heavy atom. The number of nitrogens with one attached hydrogen (secondary N) is 1. The van der Waals surface area contributed by atoms with Crippen LogP contribution < -0.4 is 4.90 Å². The van der Waals surface area contributed by atoms with E-state index in [0.29, 0.717) is 13.2 Å². The minimum Gasteiger partial charge on any atom is -0.393 e. The van der Waals surface area contributed by atoms with Gasteiger partial charge in [0.25, 0.3) is 0 Å². The Kier molecular flexibility index (Phi) is 5.29. The van der Waals surface area contributed by atoms with Crippen molar-refractivity contribution >= 4 is 0 Å². The molecule has 4 heteroatoms. The summed E-state index contributed by atoms with van der Waals surface area (Å²) >= 11 is 0. The number of hydrogen-bond acceptors (Lipinski definition) is 3. The Morgan fingerprint density at radius 2 is 1.60 bits per heavy atom. The van der Waals surface area contributed by atoms with E-state index in [1.807, 2.05) is 20.8 Å². The standard InChI is InChI=1S/C16H33NO3/c1-14(2,3)20-11-13(19)10-17-15(4,5)8-12(18)9-16(17,6)7/h12-13,18-19H,8-11H2,1-7H3/p+1/t13-/m1/s1. The first-order valence-electron chi connectivity index (χ1n) is 7.70. The summed E-state index contributed by atoms with van der Waals surface area (Å²) in [5.41, 5.74) is -0.298. The summed E-state index contributed by atoms with van der Waals surface area (Å²) in [6.07, 6.45) is 0.835. The lowest BCUT2D eigenvalue weighted by atomic mass is 9.78. The first-order chi connectivity index (χ1) is 8.83. The minimum absolute atomic E-state index is 0.0378. The Morgan fingerprint density at radius 1 is 1.15 bits per heavy atom. The third kappa shape index (κ3) is 4.99. The van der Waals surface area contributed by atoms with E-state index in [1.165, 1.54) is 4.90 Å². The molecule has 0 aliphatic carbocycles. The van der Waals surface area contributed by atoms with Crippen molar-refractivity contribution in [1.29, 1.82) is 0 Å². The van der Waals surface area contributed by atoms with Gasteiger partial charge in [0.1, 0.15) is 12.6 Å². The number of aliphatic hydroxyl groups excluding tert-OH is 2. The van der Waals surface area contributed by atoms with Crippen LogP contribution in [-0.4, -0.2) is 52.3 Å². The molecule has 1 aliphatic heterocycles. The molecule has 120 valence electrons. The zero-order chi connectivity index (χ0) is 15.8. The molecule has 0 amide bonds. The maximum atomic E-state index is 10.3. The van der Waals surface area contributed by atoms with Gasteiger partial charge in [-0.2, -0.15) is 0 Å². The van der Waals surface area contributed by atoms with Crippen molar-refractivity contribution in [2.75, 3.05) is 13.2 Å². The summed E-state index contributed by atoms with van der Waals surface area (Å²) in [7, 11) is 0. The highest BCUT2D eigenvalue weighted by Crippen LogP contribution is 2.23. The fourth-order valence-electron chi connectivity index (χ4n) is 3.61. The van der Waals surface area contributed by atoms with Gasteiger partial charge in [-0.1, -0.05) is 0 Å². The third-order valence-electron chi connectivity index (χ3n) is 4.27. The number of quaternary nitrogens is 1. The second-order valence-corrected chi connectivity index (χ2v) is 8.59. The van der Waals surface area contributed by atoms with Gasteiger partial charge in [-0.05, 0) is 48.5 Å². The van der Waals surface area contributed by atoms with Crippen LogP contribution in [0.1, 0.15) is 61.3 Å². The Labute approximate surface area is 124 Å². The zero-order valence-electron chi connectivity index (χ0n) is 14.3. The largest absolute Gasteiger partial charge is 0.393 e. The molecular weight excluding hydrogens is 254 g/mol. The van der Waals surface area contributed by atoms with Crippen molar-refractivity contribution < 1.29 is 19.8 Å². The lowest BCUT2D eigenvalue weighted by Gasteiger charge is -2.51. The number of piperidine rings is 1. The van der Waals surface area contributed by atoms with Crippen LogP contribution >= 0.6 is 0 Å². The van der Waals surface area contributed by atoms with E-state index in [0.717, 1.165) is 12.8 Å². The van der Waals surface area contributed by atoms with Crippen LogP contribution in [0.4, 0.5) is 0 Å². The minimum atomic E-state index is -0.474. The highest BCUT2D eigenvalue weighted by atomic mass is 16.5. The Bertz CT molecular complexity index is 302. The molecule has 1 aliphatic rings. The van der Waals surface area contributed by atoms with E-state index in [4.69, 9.17) is 4.74 Å². The monoisotopic (exact) mass is 288 g/mol. The molecule has 1 rings (SSSR count). The summed E-state index contributed by atoms with van der Waals surface area (Å²) in [4.78, 5) is 1.35. The second kappa shape index (κ2) is 5.91. The van der Waals surface area contributed by atoms with Gasteiger partial charge in [0.2, 0.25) is 0 Å². The van der Waals surface area contributed by atoms with Crippen molar-refractivity contribution in [3.05, 3.63) is 0 Å². The highest BCUT2D eigenvalue weighted by molar-refractivity contribution is 4.86. The number of rotatable bonds is 4. The van der Waals surface area contributed by atoms with Gasteiger partial charge in [-0.3, -0.25) is 0 Å². The fraction of sp³-hybridized carbons (Fsp3) is 1.00. The third-order valence-corrected chi connectivity index (χ3v) is 4.27. The Balaban J connectivity index is 2.68. The molecule has 20 heavy (non-hydrogen) atoms. The fourth-order valence-corrected chi connectivity index (χ4v) is 3.61. The molecule has 1 saturated heterocycles. The van der Waals surface area contributed by atoms with Crippen LogP contribution in [0.15, 0.2) is 0 Å². The number of aliphatic hydroxyl groups is 2. The first kappa shape index (κ1) is 17.9. The summed E-state index contributed by atoms with van der Waals surface area (Å²) in [6, 6.07) is 0. The average Bonchev–Trinajstić information content (AvgIpc) is 2.17. The summed E-state index contributed by atoms with van der Waals surface area (Å²) in [5.74, 6) is 0. The second-order valence-electron chi connectivity index (χ2n) is 8.59. The maximum absolute atomic E-state index is 10.3. The normalized spacial score (nSPS) is 31.1. The molecule has 3 N–H and O–H groups in total. The molecule has 0 aromatic heterocycles. The molecular formula is C16H34NO3+. The first-order valence-corrected chi connectivity index (χ1v) is 7.70. The number of likely N-dealkylation sites (tertiary alicyclic amines) is 1. The van der Waals surface area contributed by atoms with Crippen molar-refractivity contribution in [1.82, 2.24) is 0 Å². The van der Waals surface area contributed by atoms with Crippen LogP contribution in [0.2, 0.25) is 0 Å². The lowest BCUT2D eigenvalue weighted by Crippen LogP contribution is -3.27. The molecule has 0 saturated carbocycles. The molecule has 0 aromatic carbocycles. The highest BCUT2D eigenvalue weighted by Gasteiger charge is 2.49. The van der Waals surface area contributed by atoms with E-state index >= 15 is 0 Å². The summed E-state index contributed by atoms with van der Waals surface area (Å²) in [5, 5.41) is 20.3. The SMILES string of the molecule is CC(C)(C)OC[C@H](O)C[NH+]1C(C)(C)CC(O)CC1(C)C. The van der Waals surface area contributed by atoms with E-state index in [1.54, 1.807) is 0 Å². The molecule has 1 atom stereocenters. The van der Waals surface area contributed by atoms with E-state index in [9.17, 15) is 10.2 Å². The molecule has 0 aromatic rings. The molecule has 0 unspecified atom stereocenters. The van der Waals surface area contributed by atoms with Crippen LogP contribution in [-0.2, 0) is 4.74 Å². The van der Waals surface area contributed by atoms with Crippen LogP contribution in [0, 0.1) is 0 Å². The van der Waals surface area contributed by atoms with Crippen LogP contribution in [0.3, 0.4) is 0 Å². The molecule has 0 radical (unpaired) electrons. The smallest absolute Gasteiger partial charge is 0.126 e. The molecule has 1 heterocycles. The molecule has 0 spiro atoms. The zero-order valence-corrected chi connectivity index (χ0v) is 14.3. The maximum Gasteiger partial charge on any atom is 0.126 e. The summed E-state index contributed by atoms with van der Waals surface area (Å²) in [6.45, 7) is 15.7. The molecule has 0 bridgehead atoms. The predicted molar refractivity (Wildman–Crippen MR) is 80.9 cm³/mol. The van der Waals surface area contributed by atoms with Gasteiger partial charge in [-0.15, -0.1) is 0 Å².